The van der Waals surface area contributed by atoms with E-state index in [0.717, 1.165) is 18.8 Å². The van der Waals surface area contributed by atoms with E-state index in [-0.39, 0.29) is 0 Å². The van der Waals surface area contributed by atoms with Gasteiger partial charge in [-0.2, -0.15) is 0 Å². The second-order valence-corrected chi connectivity index (χ2v) is 4.06. The summed E-state index contributed by atoms with van der Waals surface area (Å²) in [5, 5.41) is 0. The molecule has 0 fully saturated rings. The van der Waals surface area contributed by atoms with Gasteiger partial charge in [-0.15, -0.1) is 0 Å². The van der Waals surface area contributed by atoms with Crippen LogP contribution in [0.25, 0.3) is 0 Å². The molecule has 0 atom stereocenters. The highest BCUT2D eigenvalue weighted by atomic mass is 14.9. The Bertz CT molecular complexity index is 247. The lowest BCUT2D eigenvalue weighted by Gasteiger charge is -1.98. The van der Waals surface area contributed by atoms with Crippen molar-refractivity contribution < 1.29 is 0 Å². The van der Waals surface area contributed by atoms with Gasteiger partial charge >= 0.3 is 0 Å². The van der Waals surface area contributed by atoms with Gasteiger partial charge in [-0.1, -0.05) is 26.0 Å². The van der Waals surface area contributed by atoms with Crippen molar-refractivity contribution in [1.29, 1.82) is 0 Å². The maximum Gasteiger partial charge on any atom is 0.0921 e. The Labute approximate surface area is 86.5 Å². The summed E-state index contributed by atoms with van der Waals surface area (Å²) >= 11 is 0. The van der Waals surface area contributed by atoms with Crippen LogP contribution in [0.3, 0.4) is 0 Å². The molecule has 2 heteroatoms. The Hall–Kier alpha value is -1.05. The first-order valence-corrected chi connectivity index (χ1v) is 5.41. The molecule has 0 aliphatic heterocycles. The van der Waals surface area contributed by atoms with E-state index in [1.165, 1.54) is 18.5 Å². The van der Waals surface area contributed by atoms with Crippen molar-refractivity contribution in [2.45, 2.75) is 39.5 Å². The standard InChI is InChI=1S/C12H20N2/c1-11(2)7-5-3-4-6-8-12-9-13-10-14-12/h3-4,9-11H,5-8H2,1-2H3,(H,13,14)/b4-3-. The maximum atomic E-state index is 3.98. The molecule has 0 saturated carbocycles. The van der Waals surface area contributed by atoms with Gasteiger partial charge < -0.3 is 4.98 Å². The van der Waals surface area contributed by atoms with Gasteiger partial charge in [0.2, 0.25) is 0 Å². The van der Waals surface area contributed by atoms with Crippen molar-refractivity contribution in [1.82, 2.24) is 9.97 Å². The average Bonchev–Trinajstić information content (AvgIpc) is 2.63. The Balaban J connectivity index is 2.04. The van der Waals surface area contributed by atoms with Crippen molar-refractivity contribution in [3.63, 3.8) is 0 Å². The smallest absolute Gasteiger partial charge is 0.0921 e. The fourth-order valence-corrected chi connectivity index (χ4v) is 1.33. The third-order valence-corrected chi connectivity index (χ3v) is 2.21. The van der Waals surface area contributed by atoms with E-state index in [0.29, 0.717) is 0 Å². The SMILES string of the molecule is CC(C)CC/C=C\CCc1cnc[nH]1. The van der Waals surface area contributed by atoms with Gasteiger partial charge in [0.1, 0.15) is 0 Å². The molecular weight excluding hydrogens is 172 g/mol. The molecule has 1 N–H and O–H groups in total. The van der Waals surface area contributed by atoms with Gasteiger partial charge in [0.15, 0.2) is 0 Å². The minimum atomic E-state index is 0.812. The van der Waals surface area contributed by atoms with E-state index >= 15 is 0 Å². The number of aryl methyl sites for hydroxylation is 1. The summed E-state index contributed by atoms with van der Waals surface area (Å²) in [6.45, 7) is 4.52. The molecule has 1 aromatic heterocycles. The quantitative estimate of drug-likeness (QED) is 0.688. The summed E-state index contributed by atoms with van der Waals surface area (Å²) in [6, 6.07) is 0. The number of H-pyrrole nitrogens is 1. The van der Waals surface area contributed by atoms with Crippen molar-refractivity contribution in [3.05, 3.63) is 30.4 Å². The van der Waals surface area contributed by atoms with Crippen LogP contribution in [0.2, 0.25) is 0 Å². The first kappa shape index (κ1) is 11.0. The highest BCUT2D eigenvalue weighted by molar-refractivity contribution is 4.96. The molecule has 0 bridgehead atoms. The zero-order valence-electron chi connectivity index (χ0n) is 9.16. The molecule has 0 saturated heterocycles. The summed E-state index contributed by atoms with van der Waals surface area (Å²) in [5.41, 5.74) is 1.22. The normalized spacial score (nSPS) is 11.6. The third-order valence-electron chi connectivity index (χ3n) is 2.21. The summed E-state index contributed by atoms with van der Waals surface area (Å²) in [5.74, 6) is 0.812. The van der Waals surface area contributed by atoms with Gasteiger partial charge in [0.05, 0.1) is 6.33 Å². The number of allylic oxidation sites excluding steroid dienone is 2. The van der Waals surface area contributed by atoms with Gasteiger partial charge in [0, 0.05) is 11.9 Å². The minimum absolute atomic E-state index is 0.812. The molecule has 1 heterocycles. The first-order valence-electron chi connectivity index (χ1n) is 5.41. The third kappa shape index (κ3) is 4.85. The lowest BCUT2D eigenvalue weighted by atomic mass is 10.1. The molecule has 2 nitrogen and oxygen atoms in total. The number of aromatic amines is 1. The van der Waals surface area contributed by atoms with E-state index in [1.54, 1.807) is 6.33 Å². The number of hydrogen-bond acceptors (Lipinski definition) is 1. The zero-order valence-corrected chi connectivity index (χ0v) is 9.16. The summed E-state index contributed by atoms with van der Waals surface area (Å²) < 4.78 is 0. The molecule has 1 rings (SSSR count). The van der Waals surface area contributed by atoms with Crippen LogP contribution >= 0.6 is 0 Å². The monoisotopic (exact) mass is 192 g/mol. The Morgan fingerprint density at radius 1 is 1.36 bits per heavy atom. The molecule has 0 aromatic carbocycles. The maximum absolute atomic E-state index is 3.98. The molecule has 0 spiro atoms. The number of imidazole rings is 1. The number of nitrogens with zero attached hydrogens (tertiary/aromatic N) is 1. The molecule has 78 valence electrons. The average molecular weight is 192 g/mol. The van der Waals surface area contributed by atoms with Crippen LogP contribution in [-0.4, -0.2) is 9.97 Å². The Kier molecular flexibility index (Phi) is 5.05. The Morgan fingerprint density at radius 3 is 2.79 bits per heavy atom. The van der Waals surface area contributed by atoms with Crippen molar-refractivity contribution >= 4 is 0 Å². The summed E-state index contributed by atoms with van der Waals surface area (Å²) in [7, 11) is 0. The summed E-state index contributed by atoms with van der Waals surface area (Å²) in [6.07, 6.45) is 12.9. The van der Waals surface area contributed by atoms with E-state index in [4.69, 9.17) is 0 Å². The van der Waals surface area contributed by atoms with Crippen LogP contribution in [0.1, 0.15) is 38.8 Å². The van der Waals surface area contributed by atoms with Crippen LogP contribution in [0.15, 0.2) is 24.7 Å². The lowest BCUT2D eigenvalue weighted by molar-refractivity contribution is 0.594. The predicted octanol–water partition coefficient (Wildman–Crippen LogP) is 3.33. The fraction of sp³-hybridized carbons (Fsp3) is 0.583. The predicted molar refractivity (Wildman–Crippen MR) is 60.1 cm³/mol. The van der Waals surface area contributed by atoms with E-state index < -0.39 is 0 Å². The fourth-order valence-electron chi connectivity index (χ4n) is 1.33. The highest BCUT2D eigenvalue weighted by Gasteiger charge is 1.91. The van der Waals surface area contributed by atoms with Gasteiger partial charge in [-0.25, -0.2) is 4.98 Å². The molecule has 14 heavy (non-hydrogen) atoms. The van der Waals surface area contributed by atoms with E-state index in [2.05, 4.69) is 36.0 Å². The second-order valence-electron chi connectivity index (χ2n) is 4.06. The van der Waals surface area contributed by atoms with Crippen molar-refractivity contribution in [2.24, 2.45) is 5.92 Å². The number of rotatable bonds is 6. The largest absolute Gasteiger partial charge is 0.348 e. The minimum Gasteiger partial charge on any atom is -0.348 e. The second kappa shape index (κ2) is 6.41. The van der Waals surface area contributed by atoms with E-state index in [9.17, 15) is 0 Å². The van der Waals surface area contributed by atoms with Crippen LogP contribution in [-0.2, 0) is 6.42 Å². The van der Waals surface area contributed by atoms with Crippen LogP contribution < -0.4 is 0 Å². The molecule has 0 radical (unpaired) electrons. The number of nitrogens with one attached hydrogen (secondary N) is 1. The highest BCUT2D eigenvalue weighted by Crippen LogP contribution is 2.05. The van der Waals surface area contributed by atoms with Crippen LogP contribution in [0.4, 0.5) is 0 Å². The van der Waals surface area contributed by atoms with Gasteiger partial charge in [-0.3, -0.25) is 0 Å². The van der Waals surface area contributed by atoms with E-state index in [1.807, 2.05) is 6.20 Å². The van der Waals surface area contributed by atoms with Crippen LogP contribution in [0.5, 0.6) is 0 Å². The number of aromatic nitrogens is 2. The molecular formula is C12H20N2. The zero-order chi connectivity index (χ0) is 10.2. The van der Waals surface area contributed by atoms with Gasteiger partial charge in [0.25, 0.3) is 0 Å². The molecule has 0 unspecified atom stereocenters. The van der Waals surface area contributed by atoms with Gasteiger partial charge in [-0.05, 0) is 31.6 Å². The van der Waals surface area contributed by atoms with Crippen LogP contribution in [0, 0.1) is 5.92 Å². The Morgan fingerprint density at radius 2 is 2.14 bits per heavy atom. The molecule has 1 aromatic rings. The first-order chi connectivity index (χ1) is 6.79. The lowest BCUT2D eigenvalue weighted by Crippen LogP contribution is -1.84. The molecule has 0 aliphatic rings. The number of hydrogen-bond donors (Lipinski definition) is 1. The van der Waals surface area contributed by atoms with Crippen molar-refractivity contribution in [3.8, 4) is 0 Å². The van der Waals surface area contributed by atoms with Crippen molar-refractivity contribution in [2.75, 3.05) is 0 Å². The topological polar surface area (TPSA) is 28.7 Å². The molecule has 0 aliphatic carbocycles. The summed E-state index contributed by atoms with van der Waals surface area (Å²) in [4.78, 5) is 7.08. The molecule has 0 amide bonds.